The van der Waals surface area contributed by atoms with E-state index in [0.29, 0.717) is 30.1 Å². The van der Waals surface area contributed by atoms with Crippen molar-refractivity contribution in [3.8, 4) is 0 Å². The largest absolute Gasteiger partial charge is 0.313 e. The van der Waals surface area contributed by atoms with Gasteiger partial charge in [-0.15, -0.1) is 0 Å². The Kier molecular flexibility index (Phi) is 5.31. The third-order valence-corrected chi connectivity index (χ3v) is 3.57. The molecule has 5 nitrogen and oxygen atoms in total. The van der Waals surface area contributed by atoms with E-state index >= 15 is 0 Å². The molecule has 0 saturated carbocycles. The summed E-state index contributed by atoms with van der Waals surface area (Å²) in [6.07, 6.45) is 2.21. The van der Waals surface area contributed by atoms with E-state index in [2.05, 4.69) is 34.9 Å². The topological polar surface area (TPSA) is 61.0 Å². The molecule has 0 radical (unpaired) electrons. The molecule has 6 heteroatoms. The normalized spacial score (nSPS) is 13.0. The van der Waals surface area contributed by atoms with E-state index in [9.17, 15) is 10.1 Å². The molecule has 1 heterocycles. The number of aromatic nitrogens is 2. The monoisotopic (exact) mass is 317 g/mol. The number of hydrogen-bond donors (Lipinski definition) is 0. The second-order valence-corrected chi connectivity index (χ2v) is 6.20. The van der Waals surface area contributed by atoms with Crippen molar-refractivity contribution in [1.82, 2.24) is 9.78 Å². The molecule has 0 aliphatic rings. The number of alkyl halides is 1. The van der Waals surface area contributed by atoms with Gasteiger partial charge in [0.05, 0.1) is 4.92 Å². The van der Waals surface area contributed by atoms with Crippen LogP contribution in [-0.4, -0.2) is 19.5 Å². The minimum Gasteiger partial charge on any atom is -0.265 e. The average Bonchev–Trinajstić information content (AvgIpc) is 2.54. The highest BCUT2D eigenvalue weighted by Crippen LogP contribution is 2.27. The van der Waals surface area contributed by atoms with E-state index in [1.165, 1.54) is 0 Å². The van der Waals surface area contributed by atoms with Crippen LogP contribution in [0.3, 0.4) is 0 Å². The van der Waals surface area contributed by atoms with Crippen molar-refractivity contribution in [3.05, 3.63) is 21.5 Å². The maximum absolute atomic E-state index is 11.2. The van der Waals surface area contributed by atoms with E-state index in [4.69, 9.17) is 0 Å². The van der Waals surface area contributed by atoms with E-state index in [-0.39, 0.29) is 15.4 Å². The van der Waals surface area contributed by atoms with Crippen molar-refractivity contribution in [2.24, 2.45) is 13.0 Å². The summed E-state index contributed by atoms with van der Waals surface area (Å²) in [6.45, 7) is 6.17. The summed E-state index contributed by atoms with van der Waals surface area (Å²) in [5.74, 6) is 0.562. The van der Waals surface area contributed by atoms with Gasteiger partial charge in [-0.05, 0) is 18.8 Å². The molecule has 1 atom stereocenters. The Labute approximate surface area is 116 Å². The van der Waals surface area contributed by atoms with Crippen LogP contribution in [0.5, 0.6) is 0 Å². The molecule has 0 bridgehead atoms. The highest BCUT2D eigenvalue weighted by molar-refractivity contribution is 9.09. The van der Waals surface area contributed by atoms with Crippen LogP contribution in [0, 0.1) is 16.0 Å². The molecule has 1 rings (SSSR count). The summed E-state index contributed by atoms with van der Waals surface area (Å²) in [7, 11) is 1.77. The molecule has 0 saturated heterocycles. The fourth-order valence-electron chi connectivity index (χ4n) is 2.09. The van der Waals surface area contributed by atoms with Crippen molar-refractivity contribution >= 4 is 21.6 Å². The van der Waals surface area contributed by atoms with Crippen molar-refractivity contribution in [1.29, 1.82) is 0 Å². The van der Waals surface area contributed by atoms with Gasteiger partial charge in [0.2, 0.25) is 0 Å². The van der Waals surface area contributed by atoms with Gasteiger partial charge in [0.1, 0.15) is 11.4 Å². The summed E-state index contributed by atoms with van der Waals surface area (Å²) in [5.41, 5.74) is 1.47. The zero-order valence-electron chi connectivity index (χ0n) is 11.3. The Morgan fingerprint density at radius 2 is 2.11 bits per heavy atom. The molecule has 0 N–H and O–H groups in total. The number of nitrogens with zero attached hydrogens (tertiary/aromatic N) is 3. The highest BCUT2D eigenvalue weighted by Gasteiger charge is 2.26. The number of rotatable bonds is 6. The predicted molar refractivity (Wildman–Crippen MR) is 75.1 cm³/mol. The highest BCUT2D eigenvalue weighted by atomic mass is 79.9. The van der Waals surface area contributed by atoms with Gasteiger partial charge in [-0.25, -0.2) is 0 Å². The van der Waals surface area contributed by atoms with Gasteiger partial charge in [0, 0.05) is 18.3 Å². The van der Waals surface area contributed by atoms with Gasteiger partial charge in [-0.2, -0.15) is 5.10 Å². The van der Waals surface area contributed by atoms with Crippen LogP contribution in [0.15, 0.2) is 0 Å². The van der Waals surface area contributed by atoms with E-state index < -0.39 is 0 Å². The molecule has 0 aliphatic carbocycles. The Balaban J connectivity index is 3.00. The SMILES string of the molecule is CCc1nn(C)c(CC(Br)CC(C)C)c1[N+](=O)[O-]. The van der Waals surface area contributed by atoms with Crippen LogP contribution >= 0.6 is 15.9 Å². The minimum atomic E-state index is -0.309. The van der Waals surface area contributed by atoms with Crippen molar-refractivity contribution in [2.45, 2.75) is 44.9 Å². The quantitative estimate of drug-likeness (QED) is 0.459. The maximum atomic E-state index is 11.2. The fraction of sp³-hybridized carbons (Fsp3) is 0.750. The number of aryl methyl sites for hydroxylation is 2. The lowest BCUT2D eigenvalue weighted by Gasteiger charge is -2.11. The van der Waals surface area contributed by atoms with Crippen molar-refractivity contribution in [2.75, 3.05) is 0 Å². The van der Waals surface area contributed by atoms with Gasteiger partial charge >= 0.3 is 5.69 Å². The van der Waals surface area contributed by atoms with Crippen LogP contribution in [0.1, 0.15) is 38.6 Å². The van der Waals surface area contributed by atoms with Crippen LogP contribution < -0.4 is 0 Å². The minimum absolute atomic E-state index is 0.188. The van der Waals surface area contributed by atoms with Crippen LogP contribution in [0.4, 0.5) is 5.69 Å². The summed E-state index contributed by atoms with van der Waals surface area (Å²) in [6, 6.07) is 0. The van der Waals surface area contributed by atoms with Crippen LogP contribution in [0.25, 0.3) is 0 Å². The van der Waals surface area contributed by atoms with E-state index in [1.54, 1.807) is 11.7 Å². The van der Waals surface area contributed by atoms with Crippen molar-refractivity contribution in [3.63, 3.8) is 0 Å². The van der Waals surface area contributed by atoms with Gasteiger partial charge in [-0.1, -0.05) is 36.7 Å². The second kappa shape index (κ2) is 6.31. The molecule has 0 amide bonds. The Morgan fingerprint density at radius 1 is 1.50 bits per heavy atom. The Morgan fingerprint density at radius 3 is 2.56 bits per heavy atom. The molecule has 18 heavy (non-hydrogen) atoms. The lowest BCUT2D eigenvalue weighted by atomic mass is 10.0. The molecule has 0 aliphatic heterocycles. The number of halogens is 1. The zero-order valence-corrected chi connectivity index (χ0v) is 12.9. The molecular weight excluding hydrogens is 298 g/mol. The fourth-order valence-corrected chi connectivity index (χ4v) is 3.15. The predicted octanol–water partition coefficient (Wildman–Crippen LogP) is 3.24. The standard InChI is InChI=1S/C12H20BrN3O2/c1-5-10-12(16(17)18)11(15(4)14-10)7-9(13)6-8(2)3/h8-9H,5-7H2,1-4H3. The summed E-state index contributed by atoms with van der Waals surface area (Å²) in [5, 5.41) is 15.4. The van der Waals surface area contributed by atoms with E-state index in [0.717, 1.165) is 6.42 Å². The first kappa shape index (κ1) is 15.1. The molecule has 1 aromatic rings. The van der Waals surface area contributed by atoms with E-state index in [1.807, 2.05) is 6.92 Å². The smallest absolute Gasteiger partial charge is 0.265 e. The Hall–Kier alpha value is -0.910. The molecule has 102 valence electrons. The average molecular weight is 318 g/mol. The molecule has 0 fully saturated rings. The Bertz CT molecular complexity index is 429. The third kappa shape index (κ3) is 3.54. The maximum Gasteiger partial charge on any atom is 0.313 e. The van der Waals surface area contributed by atoms with Gasteiger partial charge < -0.3 is 0 Å². The second-order valence-electron chi connectivity index (χ2n) is 4.91. The molecule has 1 aromatic heterocycles. The molecule has 0 aromatic carbocycles. The zero-order chi connectivity index (χ0) is 13.9. The molecule has 1 unspecified atom stereocenters. The molecule has 0 spiro atoms. The first-order valence-corrected chi connectivity index (χ1v) is 7.11. The third-order valence-electron chi connectivity index (χ3n) is 2.87. The van der Waals surface area contributed by atoms with Crippen molar-refractivity contribution < 1.29 is 4.92 Å². The van der Waals surface area contributed by atoms with Crippen LogP contribution in [-0.2, 0) is 19.9 Å². The van der Waals surface area contributed by atoms with Crippen LogP contribution in [0.2, 0.25) is 0 Å². The van der Waals surface area contributed by atoms with Gasteiger partial charge in [0.15, 0.2) is 0 Å². The molecular formula is C12H20BrN3O2. The van der Waals surface area contributed by atoms with Gasteiger partial charge in [0.25, 0.3) is 0 Å². The first-order chi connectivity index (χ1) is 8.36. The number of nitro groups is 1. The summed E-state index contributed by atoms with van der Waals surface area (Å²) < 4.78 is 1.64. The lowest BCUT2D eigenvalue weighted by molar-refractivity contribution is -0.386. The van der Waals surface area contributed by atoms with Gasteiger partial charge in [-0.3, -0.25) is 14.8 Å². The first-order valence-electron chi connectivity index (χ1n) is 6.20. The lowest BCUT2D eigenvalue weighted by Crippen LogP contribution is -2.11. The summed E-state index contributed by atoms with van der Waals surface area (Å²) >= 11 is 3.60. The summed E-state index contributed by atoms with van der Waals surface area (Å²) in [4.78, 5) is 11.1. The number of hydrogen-bond acceptors (Lipinski definition) is 3.